The lowest BCUT2D eigenvalue weighted by molar-refractivity contribution is 0.0945. The maximum atomic E-state index is 13.7. The number of nitrogens with one attached hydrogen (secondary N) is 2. The lowest BCUT2D eigenvalue weighted by Crippen LogP contribution is -2.25. The molecule has 1 aromatic heterocycles. The predicted octanol–water partition coefficient (Wildman–Crippen LogP) is 4.72. The molecule has 1 heterocycles. The summed E-state index contributed by atoms with van der Waals surface area (Å²) in [6, 6.07) is 15.9. The molecule has 144 valence electrons. The van der Waals surface area contributed by atoms with Crippen molar-refractivity contribution in [3.63, 3.8) is 0 Å². The molecule has 0 aliphatic heterocycles. The highest BCUT2D eigenvalue weighted by Crippen LogP contribution is 2.19. The Morgan fingerprint density at radius 2 is 1.79 bits per heavy atom. The van der Waals surface area contributed by atoms with E-state index in [2.05, 4.69) is 34.4 Å². The van der Waals surface area contributed by atoms with Gasteiger partial charge in [0.05, 0.1) is 0 Å². The van der Waals surface area contributed by atoms with Gasteiger partial charge in [0.2, 0.25) is 5.95 Å². The molecule has 2 N–H and O–H groups in total. The fourth-order valence-electron chi connectivity index (χ4n) is 2.73. The molecule has 0 saturated heterocycles. The SMILES string of the molecule is Cc1cc(C(=O)NCc2ccccc2F)nc(Nc2ccc(C(C)C)cc2)n1. The van der Waals surface area contributed by atoms with Crippen molar-refractivity contribution in [2.75, 3.05) is 5.32 Å². The van der Waals surface area contributed by atoms with Gasteiger partial charge in [0.1, 0.15) is 11.5 Å². The summed E-state index contributed by atoms with van der Waals surface area (Å²) in [7, 11) is 0. The minimum atomic E-state index is -0.382. The Labute approximate surface area is 164 Å². The molecule has 5 nitrogen and oxygen atoms in total. The summed E-state index contributed by atoms with van der Waals surface area (Å²) in [4.78, 5) is 21.1. The van der Waals surface area contributed by atoms with Crippen LogP contribution in [-0.2, 0) is 6.54 Å². The Bertz CT molecular complexity index is 971. The first kappa shape index (κ1) is 19.5. The van der Waals surface area contributed by atoms with E-state index in [1.54, 1.807) is 31.2 Å². The maximum Gasteiger partial charge on any atom is 0.270 e. The van der Waals surface area contributed by atoms with Crippen molar-refractivity contribution < 1.29 is 9.18 Å². The molecule has 0 atom stereocenters. The Balaban J connectivity index is 1.71. The second-order valence-electron chi connectivity index (χ2n) is 6.89. The Morgan fingerprint density at radius 3 is 2.46 bits per heavy atom. The fraction of sp³-hybridized carbons (Fsp3) is 0.227. The smallest absolute Gasteiger partial charge is 0.270 e. The standard InChI is InChI=1S/C22H23FN4O/c1-14(2)16-8-10-18(11-9-16)26-22-25-15(3)12-20(27-22)21(28)24-13-17-6-4-5-7-19(17)23/h4-12,14H,13H2,1-3H3,(H,24,28)(H,25,26,27). The monoisotopic (exact) mass is 378 g/mol. The number of aryl methyl sites for hydroxylation is 1. The number of halogens is 1. The Morgan fingerprint density at radius 1 is 1.07 bits per heavy atom. The van der Waals surface area contributed by atoms with Gasteiger partial charge in [-0.15, -0.1) is 0 Å². The van der Waals surface area contributed by atoms with Crippen LogP contribution in [0.5, 0.6) is 0 Å². The van der Waals surface area contributed by atoms with E-state index in [1.165, 1.54) is 11.6 Å². The van der Waals surface area contributed by atoms with Gasteiger partial charge in [0.25, 0.3) is 5.91 Å². The minimum absolute atomic E-state index is 0.0913. The van der Waals surface area contributed by atoms with Gasteiger partial charge < -0.3 is 10.6 Å². The first-order chi connectivity index (χ1) is 13.4. The van der Waals surface area contributed by atoms with Gasteiger partial charge in [-0.05, 0) is 42.7 Å². The second kappa shape index (κ2) is 8.61. The van der Waals surface area contributed by atoms with Crippen LogP contribution in [0.25, 0.3) is 0 Å². The van der Waals surface area contributed by atoms with Crippen LogP contribution in [0.4, 0.5) is 16.0 Å². The molecule has 2 aromatic carbocycles. The highest BCUT2D eigenvalue weighted by molar-refractivity contribution is 5.92. The quantitative estimate of drug-likeness (QED) is 0.651. The molecular weight excluding hydrogens is 355 g/mol. The van der Waals surface area contributed by atoms with E-state index in [-0.39, 0.29) is 24.0 Å². The van der Waals surface area contributed by atoms with Crippen LogP contribution in [-0.4, -0.2) is 15.9 Å². The molecule has 1 amide bonds. The Kier molecular flexibility index (Phi) is 5.99. The molecule has 0 fully saturated rings. The Hall–Kier alpha value is -3.28. The van der Waals surface area contributed by atoms with E-state index in [9.17, 15) is 9.18 Å². The summed E-state index contributed by atoms with van der Waals surface area (Å²) in [5.41, 5.74) is 3.39. The topological polar surface area (TPSA) is 66.9 Å². The maximum absolute atomic E-state index is 13.7. The molecule has 0 spiro atoms. The summed E-state index contributed by atoms with van der Waals surface area (Å²) < 4.78 is 13.7. The van der Waals surface area contributed by atoms with Gasteiger partial charge in [-0.2, -0.15) is 0 Å². The van der Waals surface area contributed by atoms with E-state index in [0.29, 0.717) is 23.1 Å². The summed E-state index contributed by atoms with van der Waals surface area (Å²) in [5, 5.41) is 5.82. The van der Waals surface area contributed by atoms with Crippen LogP contribution in [0, 0.1) is 12.7 Å². The second-order valence-corrected chi connectivity index (χ2v) is 6.89. The average molecular weight is 378 g/mol. The number of nitrogens with zero attached hydrogens (tertiary/aromatic N) is 2. The molecule has 0 radical (unpaired) electrons. The van der Waals surface area contributed by atoms with Gasteiger partial charge in [-0.1, -0.05) is 44.2 Å². The van der Waals surface area contributed by atoms with Crippen molar-refractivity contribution >= 4 is 17.5 Å². The van der Waals surface area contributed by atoms with E-state index in [0.717, 1.165) is 5.69 Å². The molecule has 3 rings (SSSR count). The van der Waals surface area contributed by atoms with Gasteiger partial charge in [0.15, 0.2) is 0 Å². The van der Waals surface area contributed by atoms with Crippen molar-refractivity contribution in [3.05, 3.63) is 82.9 Å². The van der Waals surface area contributed by atoms with Crippen LogP contribution >= 0.6 is 0 Å². The summed E-state index contributed by atoms with van der Waals surface area (Å²) in [5.74, 6) is 0.0585. The molecule has 0 unspecified atom stereocenters. The zero-order valence-electron chi connectivity index (χ0n) is 16.2. The third kappa shape index (κ3) is 4.91. The first-order valence-electron chi connectivity index (χ1n) is 9.16. The first-order valence-corrected chi connectivity index (χ1v) is 9.16. The fourth-order valence-corrected chi connectivity index (χ4v) is 2.73. The van der Waals surface area contributed by atoms with E-state index in [4.69, 9.17) is 0 Å². The van der Waals surface area contributed by atoms with Crippen molar-refractivity contribution in [1.82, 2.24) is 15.3 Å². The van der Waals surface area contributed by atoms with Crippen molar-refractivity contribution in [1.29, 1.82) is 0 Å². The van der Waals surface area contributed by atoms with Crippen molar-refractivity contribution in [2.24, 2.45) is 0 Å². The molecule has 3 aromatic rings. The largest absolute Gasteiger partial charge is 0.347 e. The number of carbonyl (C=O) groups is 1. The highest BCUT2D eigenvalue weighted by atomic mass is 19.1. The van der Waals surface area contributed by atoms with Crippen LogP contribution < -0.4 is 10.6 Å². The average Bonchev–Trinajstić information content (AvgIpc) is 2.67. The number of hydrogen-bond acceptors (Lipinski definition) is 4. The van der Waals surface area contributed by atoms with Gasteiger partial charge in [-0.25, -0.2) is 14.4 Å². The number of hydrogen-bond donors (Lipinski definition) is 2. The summed E-state index contributed by atoms with van der Waals surface area (Å²) in [6.45, 7) is 6.16. The van der Waals surface area contributed by atoms with Crippen LogP contribution in [0.15, 0.2) is 54.6 Å². The molecule has 28 heavy (non-hydrogen) atoms. The number of carbonyl (C=O) groups excluding carboxylic acids is 1. The van der Waals surface area contributed by atoms with Gasteiger partial charge in [-0.3, -0.25) is 4.79 Å². The van der Waals surface area contributed by atoms with Crippen molar-refractivity contribution in [3.8, 4) is 0 Å². The number of aromatic nitrogens is 2. The normalized spacial score (nSPS) is 10.8. The number of benzene rings is 2. The summed E-state index contributed by atoms with van der Waals surface area (Å²) in [6.07, 6.45) is 0. The number of amides is 1. The minimum Gasteiger partial charge on any atom is -0.347 e. The lowest BCUT2D eigenvalue weighted by Gasteiger charge is -2.10. The van der Waals surface area contributed by atoms with Gasteiger partial charge in [0, 0.05) is 23.5 Å². The van der Waals surface area contributed by atoms with Crippen LogP contribution in [0.1, 0.15) is 47.1 Å². The van der Waals surface area contributed by atoms with E-state index >= 15 is 0 Å². The number of anilines is 2. The highest BCUT2D eigenvalue weighted by Gasteiger charge is 2.12. The van der Waals surface area contributed by atoms with E-state index < -0.39 is 0 Å². The third-order valence-electron chi connectivity index (χ3n) is 4.32. The third-order valence-corrected chi connectivity index (χ3v) is 4.32. The summed E-state index contributed by atoms with van der Waals surface area (Å²) >= 11 is 0. The van der Waals surface area contributed by atoms with E-state index in [1.807, 2.05) is 24.3 Å². The molecular formula is C22H23FN4O. The molecule has 6 heteroatoms. The van der Waals surface area contributed by atoms with Crippen molar-refractivity contribution in [2.45, 2.75) is 33.2 Å². The zero-order chi connectivity index (χ0) is 20.1. The molecule has 0 bridgehead atoms. The molecule has 0 aliphatic rings. The lowest BCUT2D eigenvalue weighted by atomic mass is 10.0. The zero-order valence-corrected chi connectivity index (χ0v) is 16.2. The number of rotatable bonds is 6. The molecule has 0 aliphatic carbocycles. The predicted molar refractivity (Wildman–Crippen MR) is 108 cm³/mol. The van der Waals surface area contributed by atoms with Crippen LogP contribution in [0.3, 0.4) is 0 Å². The van der Waals surface area contributed by atoms with Crippen LogP contribution in [0.2, 0.25) is 0 Å². The van der Waals surface area contributed by atoms with Gasteiger partial charge >= 0.3 is 0 Å². The molecule has 0 saturated carbocycles.